The van der Waals surface area contributed by atoms with Gasteiger partial charge < -0.3 is 9.80 Å². The van der Waals surface area contributed by atoms with E-state index in [0.29, 0.717) is 0 Å². The van der Waals surface area contributed by atoms with Crippen LogP contribution in [-0.4, -0.2) is 0 Å². The molecule has 8 aromatic rings. The Labute approximate surface area is 306 Å². The number of anilines is 6. The van der Waals surface area contributed by atoms with Gasteiger partial charge in [-0.2, -0.15) is 0 Å². The van der Waals surface area contributed by atoms with Crippen molar-refractivity contribution in [1.29, 1.82) is 0 Å². The Hall–Kier alpha value is -6.64. The second-order valence-electron chi connectivity index (χ2n) is 13.0. The van der Waals surface area contributed by atoms with Crippen LogP contribution < -0.4 is 9.80 Å². The molecule has 0 heterocycles. The predicted octanol–water partition coefficient (Wildman–Crippen LogP) is 14.4. The van der Waals surface area contributed by atoms with E-state index in [9.17, 15) is 0 Å². The highest BCUT2D eigenvalue weighted by atomic mass is 15.1. The number of benzene rings is 8. The summed E-state index contributed by atoms with van der Waals surface area (Å²) in [6.45, 7) is 10.6. The summed E-state index contributed by atoms with van der Waals surface area (Å²) in [6, 6.07) is 63.1. The second kappa shape index (κ2) is 14.3. The number of hydrogen-bond donors (Lipinski definition) is 0. The molecule has 0 aliphatic rings. The molecule has 0 saturated heterocycles. The van der Waals surface area contributed by atoms with Gasteiger partial charge in [0.25, 0.3) is 0 Å². The molecule has 0 unspecified atom stereocenters. The fourth-order valence-electron chi connectivity index (χ4n) is 7.35. The van der Waals surface area contributed by atoms with Crippen LogP contribution in [0.1, 0.15) is 23.6 Å². The molecule has 8 rings (SSSR count). The number of hydrogen-bond acceptors (Lipinski definition) is 2. The van der Waals surface area contributed by atoms with Gasteiger partial charge in [0.1, 0.15) is 0 Å². The smallest absolute Gasteiger partial charge is 0.0468 e. The molecule has 2 heteroatoms. The Morgan fingerprint density at radius 3 is 1.27 bits per heavy atom. The first-order chi connectivity index (χ1) is 25.7. The van der Waals surface area contributed by atoms with Crippen molar-refractivity contribution in [3.8, 4) is 11.1 Å². The zero-order chi connectivity index (χ0) is 35.4. The van der Waals surface area contributed by atoms with Crippen LogP contribution in [0.2, 0.25) is 0 Å². The van der Waals surface area contributed by atoms with Gasteiger partial charge >= 0.3 is 0 Å². The highest BCUT2D eigenvalue weighted by Crippen LogP contribution is 2.41. The fraction of sp³-hybridized carbons (Fsp3) is 0.0400. The molecule has 0 aromatic heterocycles. The second-order valence-corrected chi connectivity index (χ2v) is 13.0. The zero-order valence-electron chi connectivity index (χ0n) is 29.4. The lowest BCUT2D eigenvalue weighted by molar-refractivity contribution is 1.14. The standard InChI is InChI=1S/C50H40N2/c1-4-36-21-27-41(28-22-36)51(39-15-9-7-10-16-39)42-29-23-37(24-30-42)38-25-31-43(32-26-38)52(40-17-11-8-12-18-40)44-33-34-49-48-20-14-13-19-47(48)45(5-2)46(6-3)50(49)35-44/h5-35H,2-4H2,1H3. The van der Waals surface area contributed by atoms with E-state index < -0.39 is 0 Å². The maximum atomic E-state index is 4.21. The normalized spacial score (nSPS) is 11.0. The fourth-order valence-corrected chi connectivity index (χ4v) is 7.35. The van der Waals surface area contributed by atoms with Crippen molar-refractivity contribution in [2.75, 3.05) is 9.80 Å². The van der Waals surface area contributed by atoms with Crippen LogP contribution in [0.5, 0.6) is 0 Å². The summed E-state index contributed by atoms with van der Waals surface area (Å²) < 4.78 is 0. The number of nitrogens with zero attached hydrogens (tertiary/aromatic N) is 2. The van der Waals surface area contributed by atoms with Gasteiger partial charge in [0.05, 0.1) is 0 Å². The molecular weight excluding hydrogens is 629 g/mol. The first-order valence-electron chi connectivity index (χ1n) is 17.9. The third-order valence-electron chi connectivity index (χ3n) is 9.97. The molecule has 8 aromatic carbocycles. The monoisotopic (exact) mass is 668 g/mol. The number of para-hydroxylation sites is 2. The van der Waals surface area contributed by atoms with Crippen molar-refractivity contribution in [3.63, 3.8) is 0 Å². The Bertz CT molecular complexity index is 2500. The number of aryl methyl sites for hydroxylation is 1. The average molecular weight is 669 g/mol. The molecule has 0 aliphatic heterocycles. The van der Waals surface area contributed by atoms with Crippen molar-refractivity contribution in [3.05, 3.63) is 206 Å². The molecule has 0 aliphatic carbocycles. The Kier molecular flexibility index (Phi) is 8.96. The minimum atomic E-state index is 1.02. The van der Waals surface area contributed by atoms with E-state index in [1.165, 1.54) is 27.3 Å². The lowest BCUT2D eigenvalue weighted by Crippen LogP contribution is -2.10. The Morgan fingerprint density at radius 1 is 0.385 bits per heavy atom. The minimum absolute atomic E-state index is 1.02. The van der Waals surface area contributed by atoms with E-state index in [0.717, 1.165) is 62.6 Å². The van der Waals surface area contributed by atoms with E-state index in [-0.39, 0.29) is 0 Å². The third kappa shape index (κ3) is 6.05. The topological polar surface area (TPSA) is 6.48 Å². The average Bonchev–Trinajstić information content (AvgIpc) is 3.22. The minimum Gasteiger partial charge on any atom is -0.311 e. The van der Waals surface area contributed by atoms with Crippen LogP contribution >= 0.6 is 0 Å². The molecule has 0 N–H and O–H groups in total. The van der Waals surface area contributed by atoms with Crippen molar-refractivity contribution in [2.24, 2.45) is 0 Å². The first-order valence-corrected chi connectivity index (χ1v) is 17.9. The van der Waals surface area contributed by atoms with Crippen LogP contribution in [0.3, 0.4) is 0 Å². The highest BCUT2D eigenvalue weighted by Gasteiger charge is 2.17. The molecule has 52 heavy (non-hydrogen) atoms. The van der Waals surface area contributed by atoms with E-state index in [1.807, 2.05) is 12.2 Å². The predicted molar refractivity (Wildman–Crippen MR) is 226 cm³/mol. The van der Waals surface area contributed by atoms with Gasteiger partial charge in [-0.25, -0.2) is 0 Å². The summed E-state index contributed by atoms with van der Waals surface area (Å²) in [5, 5.41) is 4.77. The molecule has 2 nitrogen and oxygen atoms in total. The summed E-state index contributed by atoms with van der Waals surface area (Å²) in [7, 11) is 0. The Balaban J connectivity index is 1.16. The largest absolute Gasteiger partial charge is 0.311 e. The van der Waals surface area contributed by atoms with E-state index in [4.69, 9.17) is 0 Å². The van der Waals surface area contributed by atoms with Gasteiger partial charge in [-0.1, -0.05) is 135 Å². The van der Waals surface area contributed by atoms with Gasteiger partial charge in [0, 0.05) is 34.1 Å². The summed E-state index contributed by atoms with van der Waals surface area (Å²) in [6.07, 6.45) is 4.94. The summed E-state index contributed by atoms with van der Waals surface area (Å²) in [5.41, 5.74) is 12.5. The van der Waals surface area contributed by atoms with E-state index in [2.05, 4.69) is 206 Å². The van der Waals surface area contributed by atoms with Crippen LogP contribution in [0, 0.1) is 0 Å². The molecule has 0 spiro atoms. The van der Waals surface area contributed by atoms with Crippen molar-refractivity contribution in [1.82, 2.24) is 0 Å². The summed E-state index contributed by atoms with van der Waals surface area (Å²) >= 11 is 0. The van der Waals surface area contributed by atoms with Crippen molar-refractivity contribution < 1.29 is 0 Å². The molecule has 0 radical (unpaired) electrons. The molecular formula is C50H40N2. The van der Waals surface area contributed by atoms with Gasteiger partial charge in [-0.05, 0) is 129 Å². The highest BCUT2D eigenvalue weighted by molar-refractivity contribution is 6.15. The molecule has 0 saturated carbocycles. The molecule has 0 amide bonds. The van der Waals surface area contributed by atoms with Gasteiger partial charge in [-0.3, -0.25) is 0 Å². The van der Waals surface area contributed by atoms with Gasteiger partial charge in [0.2, 0.25) is 0 Å². The Morgan fingerprint density at radius 2 is 0.769 bits per heavy atom. The van der Waals surface area contributed by atoms with Gasteiger partial charge in [0.15, 0.2) is 0 Å². The van der Waals surface area contributed by atoms with Crippen LogP contribution in [0.15, 0.2) is 189 Å². The van der Waals surface area contributed by atoms with E-state index >= 15 is 0 Å². The van der Waals surface area contributed by atoms with Crippen LogP contribution in [0.4, 0.5) is 34.1 Å². The molecule has 250 valence electrons. The van der Waals surface area contributed by atoms with Crippen LogP contribution in [-0.2, 0) is 6.42 Å². The molecule has 0 fully saturated rings. The molecule has 0 bridgehead atoms. The third-order valence-corrected chi connectivity index (χ3v) is 9.97. The number of rotatable bonds is 10. The maximum Gasteiger partial charge on any atom is 0.0468 e. The van der Waals surface area contributed by atoms with E-state index in [1.54, 1.807) is 0 Å². The number of fused-ring (bicyclic) bond motifs is 3. The van der Waals surface area contributed by atoms with Crippen molar-refractivity contribution in [2.45, 2.75) is 13.3 Å². The first kappa shape index (κ1) is 32.6. The van der Waals surface area contributed by atoms with Gasteiger partial charge in [-0.15, -0.1) is 0 Å². The SMILES string of the molecule is C=Cc1c(C=C)c2cc(N(c3ccccc3)c3ccc(-c4ccc(N(c5ccccc5)c5ccc(CC)cc5)cc4)cc3)ccc2c2ccccc12. The quantitative estimate of drug-likeness (QED) is 0.134. The summed E-state index contributed by atoms with van der Waals surface area (Å²) in [4.78, 5) is 4.63. The van der Waals surface area contributed by atoms with Crippen molar-refractivity contribution >= 4 is 67.8 Å². The lowest BCUT2D eigenvalue weighted by Gasteiger charge is -2.27. The van der Waals surface area contributed by atoms with Crippen LogP contribution in [0.25, 0.3) is 44.8 Å². The maximum absolute atomic E-state index is 4.21. The zero-order valence-corrected chi connectivity index (χ0v) is 29.4. The lowest BCUT2D eigenvalue weighted by atomic mass is 9.91. The molecule has 0 atom stereocenters. The summed E-state index contributed by atoms with van der Waals surface area (Å²) in [5.74, 6) is 0.